The number of hydrogen-bond acceptors (Lipinski definition) is 3. The number of carbonyl (C=O) groups excluding carboxylic acids is 1. The molecule has 98 valence electrons. The predicted octanol–water partition coefficient (Wildman–Crippen LogP) is 2.98. The zero-order chi connectivity index (χ0) is 13.7. The van der Waals surface area contributed by atoms with Gasteiger partial charge in [0, 0.05) is 6.04 Å². The summed E-state index contributed by atoms with van der Waals surface area (Å²) in [6.07, 6.45) is 8.39. The molecule has 0 aliphatic carbocycles. The maximum absolute atomic E-state index is 10.9. The van der Waals surface area contributed by atoms with Crippen molar-refractivity contribution in [2.75, 3.05) is 7.11 Å². The summed E-state index contributed by atoms with van der Waals surface area (Å²) in [5, 5.41) is 0. The van der Waals surface area contributed by atoms with Gasteiger partial charge in [0.2, 0.25) is 0 Å². The van der Waals surface area contributed by atoms with E-state index in [0.29, 0.717) is 6.42 Å². The van der Waals surface area contributed by atoms with Gasteiger partial charge in [-0.1, -0.05) is 44.7 Å². The smallest absolute Gasteiger partial charge is 0.307 e. The average molecular weight is 239 g/mol. The molecule has 0 saturated carbocycles. The van der Waals surface area contributed by atoms with Crippen molar-refractivity contribution in [2.45, 2.75) is 39.7 Å². The van der Waals surface area contributed by atoms with Gasteiger partial charge in [0.15, 0.2) is 0 Å². The molecule has 0 saturated heterocycles. The molecule has 0 radical (unpaired) electrons. The van der Waals surface area contributed by atoms with Crippen LogP contribution in [-0.2, 0) is 9.53 Å². The lowest BCUT2D eigenvalue weighted by Crippen LogP contribution is -2.24. The summed E-state index contributed by atoms with van der Waals surface area (Å²) < 4.78 is 4.54. The highest BCUT2D eigenvalue weighted by Crippen LogP contribution is 2.08. The van der Waals surface area contributed by atoms with E-state index < -0.39 is 0 Å². The van der Waals surface area contributed by atoms with Crippen LogP contribution in [0.5, 0.6) is 0 Å². The minimum Gasteiger partial charge on any atom is -0.469 e. The fourth-order valence-corrected chi connectivity index (χ4v) is 1.11. The maximum atomic E-state index is 10.9. The molecule has 0 aromatic carbocycles. The Bertz CT molecular complexity index is 267. The third-order valence-electron chi connectivity index (χ3n) is 1.92. The topological polar surface area (TPSA) is 52.3 Å². The maximum Gasteiger partial charge on any atom is 0.307 e. The van der Waals surface area contributed by atoms with E-state index in [4.69, 9.17) is 5.73 Å². The second kappa shape index (κ2) is 12.7. The Labute approximate surface area is 105 Å². The first-order valence-corrected chi connectivity index (χ1v) is 5.90. The van der Waals surface area contributed by atoms with Crippen LogP contribution in [0.2, 0.25) is 0 Å². The van der Waals surface area contributed by atoms with Crippen molar-refractivity contribution >= 4 is 5.97 Å². The molecule has 0 aromatic heterocycles. The van der Waals surface area contributed by atoms with E-state index in [0.717, 1.165) is 5.57 Å². The standard InChI is InChI=1S/C12H19NO2.C2H6/c1-4-6-7-10(5-2)8-11(13)9-12(14)15-3;1-2/h4-7,11H,2,8-9,13H2,1,3H3;1-2H3/b6-4-,10-7+;. The van der Waals surface area contributed by atoms with Gasteiger partial charge < -0.3 is 10.5 Å². The number of carbonyl (C=O) groups is 1. The largest absolute Gasteiger partial charge is 0.469 e. The van der Waals surface area contributed by atoms with Gasteiger partial charge in [0.1, 0.15) is 0 Å². The Morgan fingerprint density at radius 1 is 1.41 bits per heavy atom. The van der Waals surface area contributed by atoms with Gasteiger partial charge in [-0.15, -0.1) is 0 Å². The van der Waals surface area contributed by atoms with Crippen molar-refractivity contribution in [3.63, 3.8) is 0 Å². The molecule has 1 atom stereocenters. The van der Waals surface area contributed by atoms with Gasteiger partial charge in [0.25, 0.3) is 0 Å². The Morgan fingerprint density at radius 3 is 2.41 bits per heavy atom. The molecule has 2 N–H and O–H groups in total. The molecule has 0 rings (SSSR count). The first-order chi connectivity index (χ1) is 8.13. The molecule has 0 heterocycles. The first-order valence-electron chi connectivity index (χ1n) is 5.90. The van der Waals surface area contributed by atoms with E-state index in [1.807, 2.05) is 39.0 Å². The van der Waals surface area contributed by atoms with Crippen molar-refractivity contribution in [3.05, 3.63) is 36.5 Å². The van der Waals surface area contributed by atoms with Crippen molar-refractivity contribution in [3.8, 4) is 0 Å². The number of methoxy groups -OCH3 is 1. The molecule has 0 aliphatic heterocycles. The van der Waals surface area contributed by atoms with Crippen LogP contribution in [0.15, 0.2) is 36.5 Å². The number of allylic oxidation sites excluding steroid dienone is 4. The van der Waals surface area contributed by atoms with Crippen molar-refractivity contribution in [1.29, 1.82) is 0 Å². The zero-order valence-corrected chi connectivity index (χ0v) is 11.4. The third-order valence-corrected chi connectivity index (χ3v) is 1.92. The van der Waals surface area contributed by atoms with Crippen LogP contribution in [0, 0.1) is 0 Å². The summed E-state index contributed by atoms with van der Waals surface area (Å²) >= 11 is 0. The highest BCUT2D eigenvalue weighted by atomic mass is 16.5. The number of ether oxygens (including phenoxy) is 1. The van der Waals surface area contributed by atoms with Crippen molar-refractivity contribution < 1.29 is 9.53 Å². The first kappa shape index (κ1) is 18.0. The fourth-order valence-electron chi connectivity index (χ4n) is 1.11. The van der Waals surface area contributed by atoms with Crippen LogP contribution in [0.1, 0.15) is 33.6 Å². The molecule has 3 nitrogen and oxygen atoms in total. The molecular formula is C14H25NO2. The third kappa shape index (κ3) is 10.9. The molecule has 0 aliphatic rings. The Morgan fingerprint density at radius 2 is 2.00 bits per heavy atom. The summed E-state index contributed by atoms with van der Waals surface area (Å²) in [7, 11) is 1.36. The number of esters is 1. The quantitative estimate of drug-likeness (QED) is 0.572. The van der Waals surface area contributed by atoms with Gasteiger partial charge in [-0.3, -0.25) is 4.79 Å². The minimum absolute atomic E-state index is 0.216. The van der Waals surface area contributed by atoms with Crippen molar-refractivity contribution in [2.24, 2.45) is 5.73 Å². The van der Waals surface area contributed by atoms with Crippen LogP contribution < -0.4 is 5.73 Å². The molecule has 0 bridgehead atoms. The van der Waals surface area contributed by atoms with Gasteiger partial charge in [-0.25, -0.2) is 0 Å². The minimum atomic E-state index is -0.281. The van der Waals surface area contributed by atoms with Crippen LogP contribution >= 0.6 is 0 Å². The lowest BCUT2D eigenvalue weighted by Gasteiger charge is -2.10. The Balaban J connectivity index is 0. The Kier molecular flexibility index (Phi) is 13.5. The van der Waals surface area contributed by atoms with E-state index in [-0.39, 0.29) is 18.4 Å². The summed E-state index contributed by atoms with van der Waals surface area (Å²) in [6, 6.07) is -0.216. The zero-order valence-electron chi connectivity index (χ0n) is 11.4. The van der Waals surface area contributed by atoms with Crippen LogP contribution in [0.4, 0.5) is 0 Å². The van der Waals surface area contributed by atoms with Gasteiger partial charge in [-0.2, -0.15) is 0 Å². The molecule has 1 unspecified atom stereocenters. The lowest BCUT2D eigenvalue weighted by molar-refractivity contribution is -0.140. The van der Waals surface area contributed by atoms with Gasteiger partial charge in [0.05, 0.1) is 13.5 Å². The number of hydrogen-bond donors (Lipinski definition) is 1. The lowest BCUT2D eigenvalue weighted by atomic mass is 10.0. The summed E-state index contributed by atoms with van der Waals surface area (Å²) in [4.78, 5) is 10.9. The summed E-state index contributed by atoms with van der Waals surface area (Å²) in [5.41, 5.74) is 6.80. The van der Waals surface area contributed by atoms with Gasteiger partial charge in [-0.05, 0) is 18.9 Å². The summed E-state index contributed by atoms with van der Waals surface area (Å²) in [6.45, 7) is 9.63. The SMILES string of the molecule is C=C/C(=C\C=C/C)CC(N)CC(=O)OC.CC. The van der Waals surface area contributed by atoms with E-state index in [9.17, 15) is 4.79 Å². The highest BCUT2D eigenvalue weighted by Gasteiger charge is 2.09. The van der Waals surface area contributed by atoms with Crippen LogP contribution in [0.3, 0.4) is 0 Å². The number of nitrogens with two attached hydrogens (primary N) is 1. The van der Waals surface area contributed by atoms with E-state index in [2.05, 4.69) is 11.3 Å². The molecule has 0 aromatic rings. The molecular weight excluding hydrogens is 214 g/mol. The van der Waals surface area contributed by atoms with Crippen LogP contribution in [0.25, 0.3) is 0 Å². The normalized spacial score (nSPS) is 12.6. The Hall–Kier alpha value is -1.35. The molecule has 0 amide bonds. The molecule has 0 fully saturated rings. The van der Waals surface area contributed by atoms with E-state index in [1.54, 1.807) is 6.08 Å². The van der Waals surface area contributed by atoms with E-state index >= 15 is 0 Å². The van der Waals surface area contributed by atoms with Gasteiger partial charge >= 0.3 is 5.97 Å². The molecule has 0 spiro atoms. The average Bonchev–Trinajstić information content (AvgIpc) is 2.36. The number of rotatable bonds is 6. The molecule has 3 heteroatoms. The predicted molar refractivity (Wildman–Crippen MR) is 73.7 cm³/mol. The van der Waals surface area contributed by atoms with Crippen molar-refractivity contribution in [1.82, 2.24) is 0 Å². The second-order valence-corrected chi connectivity index (χ2v) is 3.22. The summed E-state index contributed by atoms with van der Waals surface area (Å²) in [5.74, 6) is -0.281. The second-order valence-electron chi connectivity index (χ2n) is 3.22. The highest BCUT2D eigenvalue weighted by molar-refractivity contribution is 5.69. The van der Waals surface area contributed by atoms with E-state index in [1.165, 1.54) is 7.11 Å². The molecule has 17 heavy (non-hydrogen) atoms. The monoisotopic (exact) mass is 239 g/mol. The fraction of sp³-hybridized carbons (Fsp3) is 0.500. The van der Waals surface area contributed by atoms with Crippen LogP contribution in [-0.4, -0.2) is 19.1 Å².